The van der Waals surface area contributed by atoms with Gasteiger partial charge in [-0.1, -0.05) is 6.92 Å². The summed E-state index contributed by atoms with van der Waals surface area (Å²) in [6, 6.07) is 0.647. The van der Waals surface area contributed by atoms with Crippen LogP contribution in [0.25, 0.3) is 0 Å². The van der Waals surface area contributed by atoms with Gasteiger partial charge in [0.15, 0.2) is 0 Å². The van der Waals surface area contributed by atoms with E-state index < -0.39 is 0 Å². The highest BCUT2D eigenvalue weighted by Gasteiger charge is 2.40. The molecule has 0 amide bonds. The molecule has 19 heavy (non-hydrogen) atoms. The number of nitrogens with zero attached hydrogens (tertiary/aromatic N) is 2. The van der Waals surface area contributed by atoms with Crippen molar-refractivity contribution in [3.05, 3.63) is 0 Å². The molecule has 0 saturated carbocycles. The maximum atomic E-state index is 6.23. The lowest BCUT2D eigenvalue weighted by Gasteiger charge is -2.46. The molecule has 2 aliphatic heterocycles. The molecule has 2 N–H and O–H groups in total. The first-order chi connectivity index (χ1) is 9.22. The zero-order valence-corrected chi connectivity index (χ0v) is 12.7. The lowest BCUT2D eigenvalue weighted by molar-refractivity contribution is 0.0292. The van der Waals surface area contributed by atoms with Gasteiger partial charge in [-0.05, 0) is 45.7 Å². The minimum atomic E-state index is 0.183. The van der Waals surface area contributed by atoms with Gasteiger partial charge in [0.05, 0.1) is 0 Å². The van der Waals surface area contributed by atoms with Crippen molar-refractivity contribution in [2.45, 2.75) is 50.6 Å². The van der Waals surface area contributed by atoms with Gasteiger partial charge in [0.25, 0.3) is 0 Å². The normalized spacial score (nSPS) is 35.8. The summed E-state index contributed by atoms with van der Waals surface area (Å²) in [5, 5.41) is 0. The van der Waals surface area contributed by atoms with Gasteiger partial charge in [0.1, 0.15) is 0 Å². The number of hydrogen-bond acceptors (Lipinski definition) is 4. The third kappa shape index (κ3) is 3.48. The summed E-state index contributed by atoms with van der Waals surface area (Å²) in [6.45, 7) is 8.46. The van der Waals surface area contributed by atoms with Crippen molar-refractivity contribution in [1.82, 2.24) is 9.80 Å². The maximum absolute atomic E-state index is 6.23. The van der Waals surface area contributed by atoms with Crippen LogP contribution in [-0.2, 0) is 4.74 Å². The summed E-state index contributed by atoms with van der Waals surface area (Å²) in [4.78, 5) is 5.22. The van der Waals surface area contributed by atoms with Gasteiger partial charge in [-0.2, -0.15) is 0 Å². The van der Waals surface area contributed by atoms with Crippen molar-refractivity contribution in [2.24, 2.45) is 5.73 Å². The molecule has 0 aromatic carbocycles. The molecule has 2 aliphatic rings. The lowest BCUT2D eigenvalue weighted by atomic mass is 9.86. The van der Waals surface area contributed by atoms with Crippen LogP contribution in [0.5, 0.6) is 0 Å². The van der Waals surface area contributed by atoms with Crippen molar-refractivity contribution in [3.8, 4) is 0 Å². The molecule has 2 saturated heterocycles. The summed E-state index contributed by atoms with van der Waals surface area (Å²) in [5.41, 5.74) is 6.41. The van der Waals surface area contributed by atoms with E-state index in [0.29, 0.717) is 6.04 Å². The highest BCUT2D eigenvalue weighted by Crippen LogP contribution is 2.31. The van der Waals surface area contributed by atoms with E-state index in [0.717, 1.165) is 32.6 Å². The number of nitrogens with two attached hydrogens (primary N) is 1. The molecule has 0 aliphatic carbocycles. The predicted molar refractivity (Wildman–Crippen MR) is 79.4 cm³/mol. The van der Waals surface area contributed by atoms with Gasteiger partial charge in [-0.25, -0.2) is 0 Å². The fraction of sp³-hybridized carbons (Fsp3) is 1.00. The fourth-order valence-corrected chi connectivity index (χ4v) is 3.82. The molecular weight excluding hydrogens is 238 g/mol. The van der Waals surface area contributed by atoms with Crippen molar-refractivity contribution >= 4 is 0 Å². The van der Waals surface area contributed by atoms with E-state index in [2.05, 4.69) is 23.8 Å². The lowest BCUT2D eigenvalue weighted by Crippen LogP contribution is -2.59. The standard InChI is InChI=1S/C15H31N3O/c1-3-14-12-17(2)8-5-9-18(14)15(13-16)6-4-10-19-11-7-15/h14H,3-13,16H2,1-2H3. The summed E-state index contributed by atoms with van der Waals surface area (Å²) >= 11 is 0. The minimum absolute atomic E-state index is 0.183. The summed E-state index contributed by atoms with van der Waals surface area (Å²) in [6.07, 6.45) is 5.93. The van der Waals surface area contributed by atoms with Crippen LogP contribution in [-0.4, -0.2) is 67.8 Å². The number of ether oxygens (including phenoxy) is 1. The third-order valence-electron chi connectivity index (χ3n) is 5.01. The minimum Gasteiger partial charge on any atom is -0.381 e. The molecule has 112 valence electrons. The molecule has 2 heterocycles. The van der Waals surface area contributed by atoms with Crippen LogP contribution >= 0.6 is 0 Å². The van der Waals surface area contributed by atoms with Crippen LogP contribution in [0.1, 0.15) is 39.0 Å². The Hall–Kier alpha value is -0.160. The third-order valence-corrected chi connectivity index (χ3v) is 5.01. The van der Waals surface area contributed by atoms with Crippen molar-refractivity contribution in [1.29, 1.82) is 0 Å². The van der Waals surface area contributed by atoms with E-state index in [1.54, 1.807) is 0 Å². The number of rotatable bonds is 3. The SMILES string of the molecule is CCC1CN(C)CCCN1C1(CN)CCCOCC1. The Labute approximate surface area is 118 Å². The van der Waals surface area contributed by atoms with Crippen LogP contribution in [0.3, 0.4) is 0 Å². The van der Waals surface area contributed by atoms with Gasteiger partial charge in [-0.15, -0.1) is 0 Å². The molecule has 2 fully saturated rings. The zero-order valence-electron chi connectivity index (χ0n) is 12.7. The molecule has 0 spiro atoms. The van der Waals surface area contributed by atoms with Gasteiger partial charge in [0, 0.05) is 44.4 Å². The second kappa shape index (κ2) is 7.02. The molecule has 2 atom stereocenters. The summed E-state index contributed by atoms with van der Waals surface area (Å²) in [5.74, 6) is 0. The Kier molecular flexibility index (Phi) is 5.63. The fourth-order valence-electron chi connectivity index (χ4n) is 3.82. The van der Waals surface area contributed by atoms with E-state index in [1.165, 1.54) is 38.9 Å². The van der Waals surface area contributed by atoms with Crippen LogP contribution in [0, 0.1) is 0 Å². The van der Waals surface area contributed by atoms with E-state index >= 15 is 0 Å². The molecule has 0 radical (unpaired) electrons. The monoisotopic (exact) mass is 269 g/mol. The summed E-state index contributed by atoms with van der Waals surface area (Å²) in [7, 11) is 2.25. The average Bonchev–Trinajstić information content (AvgIpc) is 2.77. The molecular formula is C15H31N3O. The summed E-state index contributed by atoms with van der Waals surface area (Å²) < 4.78 is 5.67. The van der Waals surface area contributed by atoms with Gasteiger partial charge in [-0.3, -0.25) is 4.90 Å². The van der Waals surface area contributed by atoms with Crippen LogP contribution in [0.2, 0.25) is 0 Å². The van der Waals surface area contributed by atoms with Crippen LogP contribution in [0.4, 0.5) is 0 Å². The van der Waals surface area contributed by atoms with E-state index in [1.807, 2.05) is 0 Å². The molecule has 4 nitrogen and oxygen atoms in total. The highest BCUT2D eigenvalue weighted by atomic mass is 16.5. The smallest absolute Gasteiger partial charge is 0.0484 e. The predicted octanol–water partition coefficient (Wildman–Crippen LogP) is 1.30. The average molecular weight is 269 g/mol. The Morgan fingerprint density at radius 2 is 2.05 bits per heavy atom. The van der Waals surface area contributed by atoms with Gasteiger partial charge >= 0.3 is 0 Å². The molecule has 0 aromatic heterocycles. The van der Waals surface area contributed by atoms with Crippen molar-refractivity contribution < 1.29 is 4.74 Å². The van der Waals surface area contributed by atoms with E-state index in [4.69, 9.17) is 10.5 Å². The van der Waals surface area contributed by atoms with Gasteiger partial charge in [0.2, 0.25) is 0 Å². The largest absolute Gasteiger partial charge is 0.381 e. The Morgan fingerprint density at radius 1 is 1.21 bits per heavy atom. The van der Waals surface area contributed by atoms with Crippen LogP contribution < -0.4 is 5.73 Å². The Bertz CT molecular complexity index is 264. The maximum Gasteiger partial charge on any atom is 0.0484 e. The van der Waals surface area contributed by atoms with E-state index in [9.17, 15) is 0 Å². The first kappa shape index (κ1) is 15.2. The highest BCUT2D eigenvalue weighted by molar-refractivity contribution is 4.97. The molecule has 2 unspecified atom stereocenters. The van der Waals surface area contributed by atoms with Crippen molar-refractivity contribution in [2.75, 3.05) is 46.4 Å². The molecule has 0 aromatic rings. The number of likely N-dealkylation sites (N-methyl/N-ethyl adjacent to an activating group) is 1. The Morgan fingerprint density at radius 3 is 2.79 bits per heavy atom. The molecule has 2 rings (SSSR count). The first-order valence-corrected chi connectivity index (χ1v) is 7.95. The topological polar surface area (TPSA) is 41.7 Å². The van der Waals surface area contributed by atoms with E-state index in [-0.39, 0.29) is 5.54 Å². The first-order valence-electron chi connectivity index (χ1n) is 7.95. The number of hydrogen-bond donors (Lipinski definition) is 1. The van der Waals surface area contributed by atoms with Crippen LogP contribution in [0.15, 0.2) is 0 Å². The molecule has 0 bridgehead atoms. The van der Waals surface area contributed by atoms with Crippen molar-refractivity contribution in [3.63, 3.8) is 0 Å². The van der Waals surface area contributed by atoms with Gasteiger partial charge < -0.3 is 15.4 Å². The second-order valence-corrected chi connectivity index (χ2v) is 6.27. The molecule has 4 heteroatoms. The Balaban J connectivity index is 2.17. The quantitative estimate of drug-likeness (QED) is 0.838. The second-order valence-electron chi connectivity index (χ2n) is 6.27. The zero-order chi connectivity index (χ0) is 13.7.